The van der Waals surface area contributed by atoms with Crippen molar-refractivity contribution < 1.29 is 24.1 Å². The SMILES string of the molecule is CC1C(CN2CCC3(CC2)OCCO3)OC(c2ccc(-c3ccccc3CN)cc2)OC1c1ccc(CO)cc1. The van der Waals surface area contributed by atoms with Crippen molar-refractivity contribution in [3.05, 3.63) is 95.1 Å². The molecular formula is C33H40N2O5. The third-order valence-electron chi connectivity index (χ3n) is 8.72. The summed E-state index contributed by atoms with van der Waals surface area (Å²) in [5.41, 5.74) is 12.4. The number of benzene rings is 3. The maximum Gasteiger partial charge on any atom is 0.184 e. The van der Waals surface area contributed by atoms with Gasteiger partial charge in [-0.1, -0.05) is 79.7 Å². The summed E-state index contributed by atoms with van der Waals surface area (Å²) in [6.45, 7) is 6.78. The van der Waals surface area contributed by atoms with Crippen LogP contribution in [0.3, 0.4) is 0 Å². The van der Waals surface area contributed by atoms with Gasteiger partial charge in [0.15, 0.2) is 12.1 Å². The topological polar surface area (TPSA) is 86.4 Å². The number of likely N-dealkylation sites (tertiary alicyclic amines) is 1. The second-order valence-electron chi connectivity index (χ2n) is 11.2. The van der Waals surface area contributed by atoms with E-state index in [4.69, 9.17) is 24.7 Å². The lowest BCUT2D eigenvalue weighted by Gasteiger charge is -2.44. The summed E-state index contributed by atoms with van der Waals surface area (Å²) >= 11 is 0. The van der Waals surface area contributed by atoms with E-state index in [0.717, 1.165) is 65.9 Å². The monoisotopic (exact) mass is 544 g/mol. The molecule has 3 heterocycles. The van der Waals surface area contributed by atoms with E-state index in [2.05, 4.69) is 60.4 Å². The van der Waals surface area contributed by atoms with Crippen LogP contribution in [0.4, 0.5) is 0 Å². The Hall–Kier alpha value is -2.62. The maximum absolute atomic E-state index is 9.54. The molecule has 0 saturated carbocycles. The molecule has 7 heteroatoms. The first-order valence-corrected chi connectivity index (χ1v) is 14.5. The fraction of sp³-hybridized carbons (Fsp3) is 0.455. The molecule has 3 aliphatic rings. The predicted molar refractivity (Wildman–Crippen MR) is 153 cm³/mol. The van der Waals surface area contributed by atoms with Crippen LogP contribution in [0.15, 0.2) is 72.8 Å². The van der Waals surface area contributed by atoms with Crippen molar-refractivity contribution in [1.82, 2.24) is 4.90 Å². The number of hydrogen-bond donors (Lipinski definition) is 2. The van der Waals surface area contributed by atoms with Crippen molar-refractivity contribution in [2.45, 2.75) is 57.2 Å². The highest BCUT2D eigenvalue weighted by Crippen LogP contribution is 2.43. The fourth-order valence-electron chi connectivity index (χ4n) is 6.24. The van der Waals surface area contributed by atoms with Crippen molar-refractivity contribution in [2.75, 3.05) is 32.8 Å². The Kier molecular flexibility index (Phi) is 8.32. The van der Waals surface area contributed by atoms with E-state index >= 15 is 0 Å². The highest BCUT2D eigenvalue weighted by atomic mass is 16.7. The molecule has 4 unspecified atom stereocenters. The second-order valence-corrected chi connectivity index (χ2v) is 11.2. The molecule has 3 saturated heterocycles. The van der Waals surface area contributed by atoms with Gasteiger partial charge in [-0.3, -0.25) is 0 Å². The standard InChI is InChI=1S/C33H40N2O5/c1-23-30(21-35-16-14-33(15-17-35)37-18-19-38-33)39-32(40-31(23)26-8-6-24(22-36)7-9-26)27-12-10-25(11-13-27)29-5-3-2-4-28(29)20-34/h2-13,23,30-32,36H,14-22,34H2,1H3. The van der Waals surface area contributed by atoms with E-state index in [1.54, 1.807) is 0 Å². The molecule has 0 aromatic heterocycles. The number of piperidine rings is 1. The highest BCUT2D eigenvalue weighted by molar-refractivity contribution is 5.67. The minimum absolute atomic E-state index is 0.0154. The molecule has 3 N–H and O–H groups in total. The number of nitrogens with two attached hydrogens (primary N) is 1. The van der Waals surface area contributed by atoms with Crippen LogP contribution in [0, 0.1) is 5.92 Å². The molecule has 0 aliphatic carbocycles. The van der Waals surface area contributed by atoms with Gasteiger partial charge in [-0.25, -0.2) is 0 Å². The number of aliphatic hydroxyl groups excluding tert-OH is 1. The maximum atomic E-state index is 9.54. The minimum atomic E-state index is -0.486. The number of hydrogen-bond acceptors (Lipinski definition) is 7. The molecule has 6 rings (SSSR count). The Bertz CT molecular complexity index is 1250. The average molecular weight is 545 g/mol. The highest BCUT2D eigenvalue weighted by Gasteiger charge is 2.43. The first-order valence-electron chi connectivity index (χ1n) is 14.5. The number of nitrogens with zero attached hydrogens (tertiary/aromatic N) is 1. The van der Waals surface area contributed by atoms with Crippen molar-refractivity contribution in [1.29, 1.82) is 0 Å². The number of aliphatic hydroxyl groups is 1. The Morgan fingerprint density at radius 2 is 1.55 bits per heavy atom. The number of ether oxygens (including phenoxy) is 4. The summed E-state index contributed by atoms with van der Waals surface area (Å²) in [7, 11) is 0. The molecule has 0 amide bonds. The Labute approximate surface area is 236 Å². The van der Waals surface area contributed by atoms with Crippen molar-refractivity contribution in [3.8, 4) is 11.1 Å². The Morgan fingerprint density at radius 1 is 0.875 bits per heavy atom. The van der Waals surface area contributed by atoms with E-state index < -0.39 is 6.29 Å². The number of rotatable bonds is 7. The van der Waals surface area contributed by atoms with E-state index in [1.807, 2.05) is 24.3 Å². The van der Waals surface area contributed by atoms with Gasteiger partial charge in [-0.2, -0.15) is 0 Å². The molecule has 3 aromatic carbocycles. The lowest BCUT2D eigenvalue weighted by Crippen LogP contribution is -2.50. The summed E-state index contributed by atoms with van der Waals surface area (Å²) in [5.74, 6) is -0.246. The lowest BCUT2D eigenvalue weighted by atomic mass is 9.89. The third kappa shape index (κ3) is 5.74. The molecule has 1 spiro atoms. The van der Waals surface area contributed by atoms with Gasteiger partial charge in [0.25, 0.3) is 0 Å². The Balaban J connectivity index is 1.23. The van der Waals surface area contributed by atoms with Crippen LogP contribution in [-0.2, 0) is 32.1 Å². The van der Waals surface area contributed by atoms with Crippen molar-refractivity contribution in [2.24, 2.45) is 11.7 Å². The largest absolute Gasteiger partial charge is 0.392 e. The molecule has 0 bridgehead atoms. The van der Waals surface area contributed by atoms with Gasteiger partial charge >= 0.3 is 0 Å². The summed E-state index contributed by atoms with van der Waals surface area (Å²) in [4.78, 5) is 2.47. The summed E-state index contributed by atoms with van der Waals surface area (Å²) in [6, 6.07) is 24.8. The zero-order valence-corrected chi connectivity index (χ0v) is 23.2. The van der Waals surface area contributed by atoms with Gasteiger partial charge < -0.3 is 34.7 Å². The fourth-order valence-corrected chi connectivity index (χ4v) is 6.24. The average Bonchev–Trinajstić information content (AvgIpc) is 3.47. The van der Waals surface area contributed by atoms with E-state index in [0.29, 0.717) is 19.8 Å². The smallest absolute Gasteiger partial charge is 0.184 e. The van der Waals surface area contributed by atoms with Crippen LogP contribution in [0.25, 0.3) is 11.1 Å². The van der Waals surface area contributed by atoms with Gasteiger partial charge in [-0.05, 0) is 27.8 Å². The van der Waals surface area contributed by atoms with E-state index in [-0.39, 0.29) is 30.5 Å². The van der Waals surface area contributed by atoms with Gasteiger partial charge in [0.05, 0.1) is 32.0 Å². The predicted octanol–water partition coefficient (Wildman–Crippen LogP) is 4.93. The van der Waals surface area contributed by atoms with Gasteiger partial charge in [0, 0.05) is 50.5 Å². The van der Waals surface area contributed by atoms with Crippen molar-refractivity contribution in [3.63, 3.8) is 0 Å². The molecule has 3 aliphatic heterocycles. The molecule has 40 heavy (non-hydrogen) atoms. The second kappa shape index (κ2) is 12.1. The van der Waals surface area contributed by atoms with E-state index in [9.17, 15) is 5.11 Å². The summed E-state index contributed by atoms with van der Waals surface area (Å²) in [5, 5.41) is 9.54. The summed E-state index contributed by atoms with van der Waals surface area (Å²) < 4.78 is 25.3. The molecule has 0 radical (unpaired) electrons. The van der Waals surface area contributed by atoms with Crippen molar-refractivity contribution >= 4 is 0 Å². The first kappa shape index (κ1) is 27.5. The molecule has 4 atom stereocenters. The molecule has 7 nitrogen and oxygen atoms in total. The summed E-state index contributed by atoms with van der Waals surface area (Å²) in [6.07, 6.45) is 1.13. The van der Waals surface area contributed by atoms with Crippen LogP contribution in [0.2, 0.25) is 0 Å². The molecule has 3 fully saturated rings. The third-order valence-corrected chi connectivity index (χ3v) is 8.72. The molecule has 3 aromatic rings. The van der Waals surface area contributed by atoms with E-state index in [1.165, 1.54) is 0 Å². The normalized spacial score (nSPS) is 26.8. The van der Waals surface area contributed by atoms with Crippen LogP contribution < -0.4 is 5.73 Å². The molecule has 212 valence electrons. The van der Waals surface area contributed by atoms with Crippen LogP contribution in [-0.4, -0.2) is 54.7 Å². The molecular weight excluding hydrogens is 504 g/mol. The van der Waals surface area contributed by atoms with Gasteiger partial charge in [0.2, 0.25) is 0 Å². The van der Waals surface area contributed by atoms with Crippen LogP contribution >= 0.6 is 0 Å². The quantitative estimate of drug-likeness (QED) is 0.436. The Morgan fingerprint density at radius 3 is 2.23 bits per heavy atom. The van der Waals surface area contributed by atoms with Crippen LogP contribution in [0.5, 0.6) is 0 Å². The zero-order valence-electron chi connectivity index (χ0n) is 23.2. The zero-order chi connectivity index (χ0) is 27.5. The van der Waals surface area contributed by atoms with Gasteiger partial charge in [-0.15, -0.1) is 0 Å². The first-order chi connectivity index (χ1) is 19.6. The van der Waals surface area contributed by atoms with Gasteiger partial charge in [0.1, 0.15) is 0 Å². The lowest BCUT2D eigenvalue weighted by molar-refractivity contribution is -0.278. The minimum Gasteiger partial charge on any atom is -0.392 e. The van der Waals surface area contributed by atoms with Crippen LogP contribution in [0.1, 0.15) is 54.4 Å².